The third-order valence-corrected chi connectivity index (χ3v) is 8.87. The smallest absolute Gasteiger partial charge is 0.348 e. The SMILES string of the molecule is Cc1ccc(S(=O)(=O)N(CC(=O)NC(C)c2ccc(S(C)(=O)=O)cc2)c2ccc(Cl)c(C(F)(F)F)c2)cc1. The molecule has 13 heteroatoms. The summed E-state index contributed by atoms with van der Waals surface area (Å²) in [5, 5.41) is 1.98. The largest absolute Gasteiger partial charge is 0.417 e. The number of sulfone groups is 1. The lowest BCUT2D eigenvalue weighted by Crippen LogP contribution is -2.41. The number of aryl methyl sites for hydroxylation is 1. The Balaban J connectivity index is 1.96. The fraction of sp³-hybridized carbons (Fsp3) is 0.240. The predicted octanol–water partition coefficient (Wildman–Crippen LogP) is 5.14. The van der Waals surface area contributed by atoms with E-state index in [1.54, 1.807) is 13.8 Å². The van der Waals surface area contributed by atoms with Crippen LogP contribution in [0.1, 0.15) is 29.7 Å². The molecule has 0 heterocycles. The number of anilines is 1. The molecule has 38 heavy (non-hydrogen) atoms. The van der Waals surface area contributed by atoms with Crippen molar-refractivity contribution in [3.63, 3.8) is 0 Å². The molecule has 3 rings (SSSR count). The summed E-state index contributed by atoms with van der Waals surface area (Å²) in [6.07, 6.45) is -3.81. The second-order valence-electron chi connectivity index (χ2n) is 8.62. The maximum atomic E-state index is 13.5. The molecule has 0 bridgehead atoms. The van der Waals surface area contributed by atoms with Gasteiger partial charge in [0.05, 0.1) is 32.1 Å². The molecule has 0 aliphatic carbocycles. The number of sulfonamides is 1. The number of amides is 1. The highest BCUT2D eigenvalue weighted by molar-refractivity contribution is 7.93. The molecule has 204 valence electrons. The summed E-state index contributed by atoms with van der Waals surface area (Å²) < 4.78 is 91.4. The lowest BCUT2D eigenvalue weighted by molar-refractivity contribution is -0.137. The summed E-state index contributed by atoms with van der Waals surface area (Å²) in [4.78, 5) is 12.8. The van der Waals surface area contributed by atoms with Crippen molar-refractivity contribution in [3.05, 3.63) is 88.4 Å². The van der Waals surface area contributed by atoms with Gasteiger partial charge in [-0.2, -0.15) is 13.2 Å². The molecular weight excluding hydrogens is 565 g/mol. The molecule has 0 spiro atoms. The molecule has 0 saturated carbocycles. The van der Waals surface area contributed by atoms with Crippen molar-refractivity contribution in [2.45, 2.75) is 35.9 Å². The van der Waals surface area contributed by atoms with Gasteiger partial charge in [0.15, 0.2) is 9.84 Å². The molecular formula is C25H24ClF3N2O5S2. The fourth-order valence-electron chi connectivity index (χ4n) is 3.54. The average molecular weight is 589 g/mol. The van der Waals surface area contributed by atoms with Crippen LogP contribution in [0.15, 0.2) is 76.5 Å². The van der Waals surface area contributed by atoms with Gasteiger partial charge in [0.1, 0.15) is 6.54 Å². The lowest BCUT2D eigenvalue weighted by Gasteiger charge is -2.26. The minimum Gasteiger partial charge on any atom is -0.348 e. The Morgan fingerprint density at radius 2 is 1.50 bits per heavy atom. The molecule has 3 aromatic carbocycles. The normalized spacial score (nSPS) is 13.1. The summed E-state index contributed by atoms with van der Waals surface area (Å²) >= 11 is 5.71. The highest BCUT2D eigenvalue weighted by Gasteiger charge is 2.35. The van der Waals surface area contributed by atoms with E-state index in [2.05, 4.69) is 5.32 Å². The minimum absolute atomic E-state index is 0.0818. The van der Waals surface area contributed by atoms with Crippen LogP contribution in [0.25, 0.3) is 0 Å². The summed E-state index contributed by atoms with van der Waals surface area (Å²) in [6, 6.07) is 13.3. The van der Waals surface area contributed by atoms with Gasteiger partial charge in [-0.25, -0.2) is 16.8 Å². The van der Waals surface area contributed by atoms with Gasteiger partial charge in [-0.1, -0.05) is 41.4 Å². The maximum Gasteiger partial charge on any atom is 0.417 e. The van der Waals surface area contributed by atoms with Crippen LogP contribution in [0.3, 0.4) is 0 Å². The van der Waals surface area contributed by atoms with E-state index in [-0.39, 0.29) is 9.79 Å². The van der Waals surface area contributed by atoms with Crippen LogP contribution in [-0.4, -0.2) is 35.5 Å². The van der Waals surface area contributed by atoms with Crippen molar-refractivity contribution in [2.75, 3.05) is 17.1 Å². The minimum atomic E-state index is -4.86. The Labute approximate surface area is 224 Å². The van der Waals surface area contributed by atoms with E-state index in [4.69, 9.17) is 11.6 Å². The monoisotopic (exact) mass is 588 g/mol. The maximum absolute atomic E-state index is 13.5. The molecule has 1 atom stereocenters. The number of carbonyl (C=O) groups excluding carboxylic acids is 1. The van der Waals surface area contributed by atoms with Crippen molar-refractivity contribution >= 4 is 43.1 Å². The number of benzene rings is 3. The van der Waals surface area contributed by atoms with Crippen LogP contribution in [0.5, 0.6) is 0 Å². The Bertz CT molecular complexity index is 1540. The molecule has 0 aromatic heterocycles. The van der Waals surface area contributed by atoms with Crippen molar-refractivity contribution in [1.82, 2.24) is 5.32 Å². The molecule has 0 aliphatic rings. The highest BCUT2D eigenvalue weighted by atomic mass is 35.5. The van der Waals surface area contributed by atoms with E-state index in [0.717, 1.165) is 24.0 Å². The van der Waals surface area contributed by atoms with Gasteiger partial charge in [-0.3, -0.25) is 9.10 Å². The average Bonchev–Trinajstić information content (AvgIpc) is 2.82. The van der Waals surface area contributed by atoms with Gasteiger partial charge in [0.2, 0.25) is 5.91 Å². The molecule has 1 amide bonds. The van der Waals surface area contributed by atoms with E-state index in [1.165, 1.54) is 48.5 Å². The van der Waals surface area contributed by atoms with Crippen LogP contribution in [0.4, 0.5) is 18.9 Å². The van der Waals surface area contributed by atoms with Crippen molar-refractivity contribution in [3.8, 4) is 0 Å². The van der Waals surface area contributed by atoms with Crippen LogP contribution >= 0.6 is 11.6 Å². The van der Waals surface area contributed by atoms with E-state index >= 15 is 0 Å². The summed E-state index contributed by atoms with van der Waals surface area (Å²) in [5.74, 6) is -0.802. The zero-order valence-electron chi connectivity index (χ0n) is 20.5. The highest BCUT2D eigenvalue weighted by Crippen LogP contribution is 2.38. The third kappa shape index (κ3) is 6.86. The van der Waals surface area contributed by atoms with Gasteiger partial charge in [-0.15, -0.1) is 0 Å². The quantitative estimate of drug-likeness (QED) is 0.393. The van der Waals surface area contributed by atoms with Gasteiger partial charge in [0.25, 0.3) is 10.0 Å². The Morgan fingerprint density at radius 3 is 2.03 bits per heavy atom. The number of hydrogen-bond donors (Lipinski definition) is 1. The van der Waals surface area contributed by atoms with Crippen LogP contribution in [0.2, 0.25) is 5.02 Å². The fourth-order valence-corrected chi connectivity index (χ4v) is 5.81. The van der Waals surface area contributed by atoms with Crippen molar-refractivity contribution in [2.24, 2.45) is 0 Å². The first-order valence-electron chi connectivity index (χ1n) is 11.1. The first kappa shape index (κ1) is 29.5. The van der Waals surface area contributed by atoms with Crippen molar-refractivity contribution in [1.29, 1.82) is 0 Å². The number of alkyl halides is 3. The number of carbonyl (C=O) groups is 1. The Morgan fingerprint density at radius 1 is 0.947 bits per heavy atom. The molecule has 7 nitrogen and oxygen atoms in total. The van der Waals surface area contributed by atoms with Crippen LogP contribution < -0.4 is 9.62 Å². The number of nitrogens with zero attached hydrogens (tertiary/aromatic N) is 1. The second kappa shape index (κ2) is 11.0. The van der Waals surface area contributed by atoms with E-state index in [9.17, 15) is 34.8 Å². The molecule has 0 radical (unpaired) electrons. The number of halogens is 4. The second-order valence-corrected chi connectivity index (χ2v) is 12.9. The zero-order valence-corrected chi connectivity index (χ0v) is 22.8. The van der Waals surface area contributed by atoms with E-state index in [0.29, 0.717) is 15.9 Å². The molecule has 1 unspecified atom stereocenters. The molecule has 0 saturated heterocycles. The van der Waals surface area contributed by atoms with Crippen LogP contribution in [0, 0.1) is 6.92 Å². The number of hydrogen-bond acceptors (Lipinski definition) is 5. The lowest BCUT2D eigenvalue weighted by atomic mass is 10.1. The number of nitrogens with one attached hydrogen (secondary N) is 1. The predicted molar refractivity (Wildman–Crippen MR) is 138 cm³/mol. The summed E-state index contributed by atoms with van der Waals surface area (Å²) in [7, 11) is -7.90. The number of rotatable bonds is 8. The van der Waals surface area contributed by atoms with Crippen LogP contribution in [-0.2, 0) is 30.8 Å². The standard InChI is InChI=1S/C25H24ClF3N2O5S2/c1-16-4-9-21(10-5-16)38(35,36)31(19-8-13-23(26)22(14-19)25(27,28)29)15-24(32)30-17(2)18-6-11-20(12-7-18)37(3,33)34/h4-14,17H,15H2,1-3H3,(H,30,32). The van der Waals surface area contributed by atoms with Gasteiger partial charge in [0, 0.05) is 6.26 Å². The molecule has 3 aromatic rings. The Kier molecular flexibility index (Phi) is 8.49. The van der Waals surface area contributed by atoms with Gasteiger partial charge in [-0.05, 0) is 61.9 Å². The van der Waals surface area contributed by atoms with E-state index < -0.39 is 60.8 Å². The zero-order chi connectivity index (χ0) is 28.5. The van der Waals surface area contributed by atoms with Crippen molar-refractivity contribution < 1.29 is 34.8 Å². The van der Waals surface area contributed by atoms with E-state index in [1.807, 2.05) is 0 Å². The first-order chi connectivity index (χ1) is 17.5. The van der Waals surface area contributed by atoms with Gasteiger partial charge < -0.3 is 5.32 Å². The third-order valence-electron chi connectivity index (χ3n) is 5.63. The Hall–Kier alpha value is -3.09. The topological polar surface area (TPSA) is 101 Å². The molecule has 1 N–H and O–H groups in total. The summed E-state index contributed by atoms with van der Waals surface area (Å²) in [6.45, 7) is 2.50. The summed E-state index contributed by atoms with van der Waals surface area (Å²) in [5.41, 5.74) is -0.359. The van der Waals surface area contributed by atoms with Gasteiger partial charge >= 0.3 is 6.18 Å². The molecule has 0 fully saturated rings. The first-order valence-corrected chi connectivity index (χ1v) is 14.8. The molecule has 0 aliphatic heterocycles.